The molecule has 9 heteroatoms. The highest BCUT2D eigenvalue weighted by Crippen LogP contribution is 2.24. The number of carboxylic acid groups (broad SMARTS) is 1. The van der Waals surface area contributed by atoms with Crippen LogP contribution in [0.25, 0.3) is 0 Å². The number of nitrogens with zero attached hydrogens (tertiary/aromatic N) is 3. The fourth-order valence-electron chi connectivity index (χ4n) is 2.00. The van der Waals surface area contributed by atoms with E-state index in [1.54, 1.807) is 6.92 Å². The van der Waals surface area contributed by atoms with Gasteiger partial charge < -0.3 is 5.11 Å². The van der Waals surface area contributed by atoms with Gasteiger partial charge >= 0.3 is 5.97 Å². The molecule has 2 aromatic rings. The molecule has 21 heavy (non-hydrogen) atoms. The summed E-state index contributed by atoms with van der Waals surface area (Å²) >= 11 is 5.67. The molecule has 0 spiro atoms. The molecule has 0 saturated carbocycles. The van der Waals surface area contributed by atoms with Gasteiger partial charge in [0.25, 0.3) is 0 Å². The smallest absolute Gasteiger partial charge is 0.335 e. The van der Waals surface area contributed by atoms with Crippen LogP contribution in [0.3, 0.4) is 0 Å². The average Bonchev–Trinajstić information content (AvgIpc) is 2.75. The van der Waals surface area contributed by atoms with Gasteiger partial charge in [0.05, 0.1) is 23.2 Å². The van der Waals surface area contributed by atoms with Crippen LogP contribution >= 0.6 is 11.6 Å². The molecule has 0 aliphatic carbocycles. The van der Waals surface area contributed by atoms with Crippen LogP contribution in [0, 0.1) is 6.92 Å². The van der Waals surface area contributed by atoms with E-state index in [1.165, 1.54) is 23.1 Å². The number of rotatable bonds is 4. The summed E-state index contributed by atoms with van der Waals surface area (Å²) in [6, 6.07) is 2.56. The van der Waals surface area contributed by atoms with Gasteiger partial charge in [-0.25, -0.2) is 13.2 Å². The van der Waals surface area contributed by atoms with Gasteiger partial charge in [0, 0.05) is 6.26 Å². The van der Waals surface area contributed by atoms with E-state index in [0.717, 1.165) is 6.26 Å². The Morgan fingerprint density at radius 3 is 2.57 bits per heavy atom. The summed E-state index contributed by atoms with van der Waals surface area (Å²) < 4.78 is 23.7. The topological polar surface area (TPSA) is 102 Å². The van der Waals surface area contributed by atoms with Crippen molar-refractivity contribution in [1.82, 2.24) is 15.0 Å². The minimum Gasteiger partial charge on any atom is -0.478 e. The van der Waals surface area contributed by atoms with Crippen molar-refractivity contribution in [2.75, 3.05) is 6.26 Å². The number of sulfone groups is 1. The molecule has 0 fully saturated rings. The third-order valence-electron chi connectivity index (χ3n) is 2.99. The second-order valence-corrected chi connectivity index (χ2v) is 6.86. The molecule has 1 N–H and O–H groups in total. The predicted octanol–water partition coefficient (Wildman–Crippen LogP) is 1.39. The van der Waals surface area contributed by atoms with Gasteiger partial charge in [0.2, 0.25) is 0 Å². The summed E-state index contributed by atoms with van der Waals surface area (Å²) in [5, 5.41) is 17.1. The van der Waals surface area contributed by atoms with Crippen molar-refractivity contribution < 1.29 is 18.3 Å². The average molecular weight is 330 g/mol. The first-order valence-corrected chi connectivity index (χ1v) is 8.08. The Morgan fingerprint density at radius 1 is 1.43 bits per heavy atom. The van der Waals surface area contributed by atoms with E-state index in [-0.39, 0.29) is 22.2 Å². The summed E-state index contributed by atoms with van der Waals surface area (Å²) in [6.45, 7) is 1.57. The van der Waals surface area contributed by atoms with Crippen LogP contribution in [0.2, 0.25) is 5.15 Å². The first kappa shape index (κ1) is 15.5. The molecule has 1 aromatic heterocycles. The summed E-state index contributed by atoms with van der Waals surface area (Å²) in [6.07, 6.45) is 2.38. The number of hydrogen-bond donors (Lipinski definition) is 1. The molecule has 0 atom stereocenters. The molecule has 7 nitrogen and oxygen atoms in total. The van der Waals surface area contributed by atoms with Gasteiger partial charge in [0.1, 0.15) is 0 Å². The quantitative estimate of drug-likeness (QED) is 0.909. The number of aromatic nitrogens is 3. The first-order chi connectivity index (χ1) is 9.70. The van der Waals surface area contributed by atoms with Gasteiger partial charge in [-0.15, -0.1) is 5.10 Å². The highest BCUT2D eigenvalue weighted by atomic mass is 35.5. The lowest BCUT2D eigenvalue weighted by Crippen LogP contribution is -2.13. The normalized spacial score (nSPS) is 11.6. The van der Waals surface area contributed by atoms with Crippen LogP contribution in [-0.4, -0.2) is 40.7 Å². The maximum Gasteiger partial charge on any atom is 0.335 e. The van der Waals surface area contributed by atoms with Crippen LogP contribution < -0.4 is 0 Å². The maximum absolute atomic E-state index is 11.9. The zero-order chi connectivity index (χ0) is 15.8. The highest BCUT2D eigenvalue weighted by Gasteiger charge is 2.20. The van der Waals surface area contributed by atoms with Gasteiger partial charge in [-0.1, -0.05) is 11.6 Å². The molecule has 2 rings (SSSR count). The van der Waals surface area contributed by atoms with Crippen molar-refractivity contribution in [3.8, 4) is 0 Å². The molecule has 0 radical (unpaired) electrons. The minimum absolute atomic E-state index is 0.0159. The van der Waals surface area contributed by atoms with Crippen LogP contribution in [0.15, 0.2) is 23.2 Å². The van der Waals surface area contributed by atoms with Crippen molar-refractivity contribution in [1.29, 1.82) is 0 Å². The van der Waals surface area contributed by atoms with E-state index in [2.05, 4.69) is 10.2 Å². The molecule has 1 aromatic carbocycles. The van der Waals surface area contributed by atoms with Crippen LogP contribution in [-0.2, 0) is 16.4 Å². The molecule has 0 saturated heterocycles. The molecule has 0 aliphatic rings. The van der Waals surface area contributed by atoms with Crippen LogP contribution in [0.4, 0.5) is 0 Å². The molecular formula is C12H12ClN3O4S. The number of benzene rings is 1. The third kappa shape index (κ3) is 3.22. The monoisotopic (exact) mass is 329 g/mol. The Balaban J connectivity index is 2.64. The van der Waals surface area contributed by atoms with E-state index in [1.807, 2.05) is 0 Å². The summed E-state index contributed by atoms with van der Waals surface area (Å²) in [4.78, 5) is 12.5. The SMILES string of the molecule is Cc1c(C(=O)O)ccc(S(C)(=O)=O)c1Cn1ncc(Cl)n1. The second kappa shape index (κ2) is 5.45. The van der Waals surface area contributed by atoms with Crippen molar-refractivity contribution in [3.05, 3.63) is 40.2 Å². The maximum atomic E-state index is 11.9. The molecule has 0 bridgehead atoms. The zero-order valence-corrected chi connectivity index (χ0v) is 12.8. The van der Waals surface area contributed by atoms with Crippen molar-refractivity contribution in [2.24, 2.45) is 0 Å². The number of aromatic carboxylic acids is 1. The molecule has 0 unspecified atom stereocenters. The Kier molecular flexibility index (Phi) is 4.02. The number of carboxylic acids is 1. The van der Waals surface area contributed by atoms with E-state index >= 15 is 0 Å². The predicted molar refractivity (Wildman–Crippen MR) is 75.4 cm³/mol. The Labute approximate surface area is 126 Å². The lowest BCUT2D eigenvalue weighted by molar-refractivity contribution is 0.0695. The number of halogens is 1. The van der Waals surface area contributed by atoms with E-state index in [4.69, 9.17) is 16.7 Å². The zero-order valence-electron chi connectivity index (χ0n) is 11.2. The molecule has 1 heterocycles. The van der Waals surface area contributed by atoms with Crippen molar-refractivity contribution in [2.45, 2.75) is 18.4 Å². The Morgan fingerprint density at radius 2 is 2.10 bits per heavy atom. The molecule has 112 valence electrons. The molecule has 0 amide bonds. The Hall–Kier alpha value is -1.93. The van der Waals surface area contributed by atoms with Crippen LogP contribution in [0.5, 0.6) is 0 Å². The summed E-state index contributed by atoms with van der Waals surface area (Å²) in [7, 11) is -3.51. The standard InChI is InChI=1S/C12H12ClN3O4S/c1-7-8(12(17)18)3-4-10(21(2,19)20)9(7)6-16-14-5-11(13)15-16/h3-5H,6H2,1-2H3,(H,17,18). The van der Waals surface area contributed by atoms with E-state index in [0.29, 0.717) is 11.1 Å². The third-order valence-corrected chi connectivity index (χ3v) is 4.35. The fourth-order valence-corrected chi connectivity index (χ4v) is 3.11. The highest BCUT2D eigenvalue weighted by molar-refractivity contribution is 7.90. The van der Waals surface area contributed by atoms with E-state index < -0.39 is 15.8 Å². The summed E-state index contributed by atoms with van der Waals surface area (Å²) in [5.41, 5.74) is 0.735. The lowest BCUT2D eigenvalue weighted by atomic mass is 10.0. The molecular weight excluding hydrogens is 318 g/mol. The van der Waals surface area contributed by atoms with E-state index in [9.17, 15) is 13.2 Å². The minimum atomic E-state index is -3.51. The van der Waals surface area contributed by atoms with Crippen molar-refractivity contribution in [3.63, 3.8) is 0 Å². The fraction of sp³-hybridized carbons (Fsp3) is 0.250. The second-order valence-electron chi connectivity index (χ2n) is 4.49. The number of carbonyl (C=O) groups is 1. The van der Waals surface area contributed by atoms with Gasteiger partial charge in [-0.2, -0.15) is 9.90 Å². The molecule has 0 aliphatic heterocycles. The van der Waals surface area contributed by atoms with Crippen LogP contribution in [0.1, 0.15) is 21.5 Å². The van der Waals surface area contributed by atoms with Crippen molar-refractivity contribution >= 4 is 27.4 Å². The van der Waals surface area contributed by atoms with Gasteiger partial charge in [-0.05, 0) is 30.2 Å². The van der Waals surface area contributed by atoms with Gasteiger partial charge in [0.15, 0.2) is 15.0 Å². The first-order valence-electron chi connectivity index (χ1n) is 5.81. The summed E-state index contributed by atoms with van der Waals surface area (Å²) in [5.74, 6) is -1.12. The largest absolute Gasteiger partial charge is 0.478 e. The number of hydrogen-bond acceptors (Lipinski definition) is 5. The Bertz CT molecular complexity index is 814. The lowest BCUT2D eigenvalue weighted by Gasteiger charge is -2.13. The van der Waals surface area contributed by atoms with Gasteiger partial charge in [-0.3, -0.25) is 0 Å².